The van der Waals surface area contributed by atoms with Crippen molar-refractivity contribution in [2.24, 2.45) is 0 Å². The Morgan fingerprint density at radius 3 is 2.50 bits per heavy atom. The Morgan fingerprint density at radius 1 is 1.40 bits per heavy atom. The number of halogens is 1. The predicted molar refractivity (Wildman–Crippen MR) is 77.6 cm³/mol. The van der Waals surface area contributed by atoms with Gasteiger partial charge < -0.3 is 5.11 Å². The van der Waals surface area contributed by atoms with Gasteiger partial charge in [0.2, 0.25) is 10.0 Å². The molecule has 0 amide bonds. The predicted octanol–water partition coefficient (Wildman–Crippen LogP) is 2.56. The van der Waals surface area contributed by atoms with Crippen LogP contribution in [0.2, 0.25) is 5.02 Å². The van der Waals surface area contributed by atoms with E-state index in [0.717, 1.165) is 9.87 Å². The van der Waals surface area contributed by atoms with E-state index >= 15 is 0 Å². The lowest BCUT2D eigenvalue weighted by Gasteiger charge is -2.18. The molecule has 0 spiro atoms. The summed E-state index contributed by atoms with van der Waals surface area (Å²) in [4.78, 5) is 10.5. The first-order chi connectivity index (χ1) is 9.16. The maximum Gasteiger partial charge on any atom is 0.304 e. The summed E-state index contributed by atoms with van der Waals surface area (Å²) in [5.41, 5.74) is 0.861. The number of carboxylic acid groups (broad SMARTS) is 1. The summed E-state index contributed by atoms with van der Waals surface area (Å²) in [6, 6.07) is 4.87. The molecule has 0 aliphatic carbocycles. The van der Waals surface area contributed by atoms with E-state index in [2.05, 4.69) is 0 Å². The van der Waals surface area contributed by atoms with Crippen LogP contribution in [0.25, 0.3) is 0 Å². The molecule has 0 aliphatic rings. The number of carboxylic acids is 1. The van der Waals surface area contributed by atoms with Crippen molar-refractivity contribution in [3.05, 3.63) is 28.8 Å². The van der Waals surface area contributed by atoms with Crippen molar-refractivity contribution >= 4 is 27.6 Å². The van der Waals surface area contributed by atoms with Gasteiger partial charge in [-0.15, -0.1) is 0 Å². The molecule has 0 unspecified atom stereocenters. The molecule has 1 rings (SSSR count). The Hall–Kier alpha value is -1.11. The second kappa shape index (κ2) is 6.56. The Balaban J connectivity index is 3.14. The fraction of sp³-hybridized carbons (Fsp3) is 0.462. The molecule has 0 atom stereocenters. The van der Waals surface area contributed by atoms with Crippen LogP contribution >= 0.6 is 11.6 Å². The van der Waals surface area contributed by atoms with Gasteiger partial charge in [-0.1, -0.05) is 31.5 Å². The van der Waals surface area contributed by atoms with Gasteiger partial charge in [-0.2, -0.15) is 0 Å². The summed E-state index contributed by atoms with van der Waals surface area (Å²) in [6.07, 6.45) is -0.253. The number of carbonyl (C=O) groups is 1. The Kier molecular flexibility index (Phi) is 5.56. The van der Waals surface area contributed by atoms with Crippen LogP contribution in [-0.2, 0) is 14.8 Å². The molecule has 0 heterocycles. The van der Waals surface area contributed by atoms with Crippen molar-refractivity contribution in [1.29, 1.82) is 0 Å². The minimum atomic E-state index is -3.78. The third-order valence-electron chi connectivity index (χ3n) is 2.95. The molecular weight excluding hydrogens is 302 g/mol. The van der Waals surface area contributed by atoms with Crippen LogP contribution in [-0.4, -0.2) is 37.4 Å². The summed E-state index contributed by atoms with van der Waals surface area (Å²) < 4.78 is 25.8. The maximum atomic E-state index is 12.4. The first kappa shape index (κ1) is 16.9. The average Bonchev–Trinajstić information content (AvgIpc) is 2.35. The number of hydrogen-bond acceptors (Lipinski definition) is 3. The second-order valence-corrected chi connectivity index (χ2v) is 7.24. The molecule has 1 N–H and O–H groups in total. The largest absolute Gasteiger partial charge is 0.481 e. The van der Waals surface area contributed by atoms with Crippen molar-refractivity contribution in [1.82, 2.24) is 4.31 Å². The highest BCUT2D eigenvalue weighted by atomic mass is 35.5. The molecule has 112 valence electrons. The van der Waals surface area contributed by atoms with Crippen molar-refractivity contribution in [2.45, 2.75) is 31.1 Å². The summed E-state index contributed by atoms with van der Waals surface area (Å²) in [5.74, 6) is -0.875. The Morgan fingerprint density at radius 2 is 2.00 bits per heavy atom. The molecule has 0 aromatic heterocycles. The lowest BCUT2D eigenvalue weighted by atomic mass is 10.0. The van der Waals surface area contributed by atoms with Gasteiger partial charge in [-0.25, -0.2) is 12.7 Å². The molecule has 0 radical (unpaired) electrons. The lowest BCUT2D eigenvalue weighted by molar-refractivity contribution is -0.137. The zero-order valence-electron chi connectivity index (χ0n) is 11.6. The van der Waals surface area contributed by atoms with E-state index in [-0.39, 0.29) is 28.8 Å². The normalized spacial score (nSPS) is 12.1. The minimum absolute atomic E-state index is 0.0123. The molecule has 20 heavy (non-hydrogen) atoms. The van der Waals surface area contributed by atoms with E-state index in [1.807, 2.05) is 13.8 Å². The smallest absolute Gasteiger partial charge is 0.304 e. The third kappa shape index (κ3) is 3.94. The molecule has 0 fully saturated rings. The highest BCUT2D eigenvalue weighted by molar-refractivity contribution is 7.89. The fourth-order valence-corrected chi connectivity index (χ4v) is 3.29. The number of rotatable bonds is 6. The highest BCUT2D eigenvalue weighted by Crippen LogP contribution is 2.28. The van der Waals surface area contributed by atoms with Crippen molar-refractivity contribution < 1.29 is 18.3 Å². The van der Waals surface area contributed by atoms with Crippen LogP contribution < -0.4 is 0 Å². The van der Waals surface area contributed by atoms with Crippen molar-refractivity contribution in [3.63, 3.8) is 0 Å². The molecule has 1 aromatic rings. The second-order valence-electron chi connectivity index (χ2n) is 4.81. The van der Waals surface area contributed by atoms with Gasteiger partial charge >= 0.3 is 5.97 Å². The van der Waals surface area contributed by atoms with E-state index < -0.39 is 16.0 Å². The number of aliphatic carboxylic acids is 1. The summed E-state index contributed by atoms with van der Waals surface area (Å²) >= 11 is 5.97. The third-order valence-corrected chi connectivity index (χ3v) is 5.29. The molecule has 7 heteroatoms. The number of sulfonamides is 1. The van der Waals surface area contributed by atoms with Gasteiger partial charge in [0.1, 0.15) is 4.90 Å². The molecule has 5 nitrogen and oxygen atoms in total. The van der Waals surface area contributed by atoms with Gasteiger partial charge in [0.05, 0.1) is 11.4 Å². The van der Waals surface area contributed by atoms with Crippen molar-refractivity contribution in [2.75, 3.05) is 13.6 Å². The van der Waals surface area contributed by atoms with E-state index in [0.29, 0.717) is 0 Å². The van der Waals surface area contributed by atoms with Crippen LogP contribution in [0.1, 0.15) is 31.7 Å². The first-order valence-corrected chi connectivity index (χ1v) is 7.95. The number of hydrogen-bond donors (Lipinski definition) is 1. The van der Waals surface area contributed by atoms with Crippen LogP contribution in [0.15, 0.2) is 23.1 Å². The standard InChI is InChI=1S/C13H18ClNO4S/c1-9(2)10-4-5-11(14)12(8-10)20(18,19)15(3)7-6-13(16)17/h4-5,8-9H,6-7H2,1-3H3,(H,16,17). The zero-order chi connectivity index (χ0) is 15.5. The molecule has 0 saturated heterocycles. The summed E-state index contributed by atoms with van der Waals surface area (Å²) in [6.45, 7) is 3.81. The number of benzene rings is 1. The molecule has 0 saturated carbocycles. The van der Waals surface area contributed by atoms with Crippen LogP contribution in [0.3, 0.4) is 0 Å². The minimum Gasteiger partial charge on any atom is -0.481 e. The van der Waals surface area contributed by atoms with Gasteiger partial charge in [0, 0.05) is 13.6 Å². The number of nitrogens with zero attached hydrogens (tertiary/aromatic N) is 1. The Bertz CT molecular complexity index is 598. The SMILES string of the molecule is CC(C)c1ccc(Cl)c(S(=O)(=O)N(C)CCC(=O)O)c1. The van der Waals surface area contributed by atoms with Crippen LogP contribution in [0.4, 0.5) is 0 Å². The van der Waals surface area contributed by atoms with Gasteiger partial charge in [-0.05, 0) is 23.6 Å². The van der Waals surface area contributed by atoms with E-state index in [1.54, 1.807) is 18.2 Å². The van der Waals surface area contributed by atoms with Gasteiger partial charge in [0.25, 0.3) is 0 Å². The molecular formula is C13H18ClNO4S. The topological polar surface area (TPSA) is 74.7 Å². The zero-order valence-corrected chi connectivity index (χ0v) is 13.2. The quantitative estimate of drug-likeness (QED) is 0.874. The molecule has 1 aromatic carbocycles. The van der Waals surface area contributed by atoms with Crippen LogP contribution in [0, 0.1) is 0 Å². The lowest BCUT2D eigenvalue weighted by Crippen LogP contribution is -2.29. The highest BCUT2D eigenvalue weighted by Gasteiger charge is 2.24. The van der Waals surface area contributed by atoms with Crippen LogP contribution in [0.5, 0.6) is 0 Å². The first-order valence-electron chi connectivity index (χ1n) is 6.14. The monoisotopic (exact) mass is 319 g/mol. The van der Waals surface area contributed by atoms with Crippen molar-refractivity contribution in [3.8, 4) is 0 Å². The van der Waals surface area contributed by atoms with Gasteiger partial charge in [-0.3, -0.25) is 4.79 Å². The van der Waals surface area contributed by atoms with E-state index in [9.17, 15) is 13.2 Å². The molecule has 0 aliphatic heterocycles. The van der Waals surface area contributed by atoms with E-state index in [1.165, 1.54) is 7.05 Å². The fourth-order valence-electron chi connectivity index (χ4n) is 1.62. The molecule has 0 bridgehead atoms. The maximum absolute atomic E-state index is 12.4. The van der Waals surface area contributed by atoms with E-state index in [4.69, 9.17) is 16.7 Å². The average molecular weight is 320 g/mol. The summed E-state index contributed by atoms with van der Waals surface area (Å²) in [7, 11) is -2.44. The summed E-state index contributed by atoms with van der Waals surface area (Å²) in [5, 5.41) is 8.76. The Labute approximate surface area is 124 Å². The van der Waals surface area contributed by atoms with Gasteiger partial charge in [0.15, 0.2) is 0 Å².